The first-order chi connectivity index (χ1) is 10.3. The lowest BCUT2D eigenvalue weighted by molar-refractivity contribution is 0.279. The SMILES string of the molecule is COc1nn(Cc2ccccc2)c(=Nc2ccccc2)o1. The Morgan fingerprint density at radius 2 is 1.71 bits per heavy atom. The zero-order valence-corrected chi connectivity index (χ0v) is 11.6. The molecular weight excluding hydrogens is 266 g/mol. The Kier molecular flexibility index (Phi) is 3.82. The van der Waals surface area contributed by atoms with Gasteiger partial charge in [-0.15, -0.1) is 0 Å². The molecule has 0 aliphatic heterocycles. The predicted molar refractivity (Wildman–Crippen MR) is 78.3 cm³/mol. The molecule has 3 aromatic rings. The normalized spacial score (nSPS) is 11.6. The second-order valence-electron chi connectivity index (χ2n) is 4.45. The molecule has 1 aromatic heterocycles. The van der Waals surface area contributed by atoms with Crippen molar-refractivity contribution in [3.8, 4) is 6.08 Å². The maximum absolute atomic E-state index is 5.50. The Hall–Kier alpha value is -2.82. The van der Waals surface area contributed by atoms with Gasteiger partial charge in [-0.05, 0) is 17.7 Å². The molecule has 2 aromatic carbocycles. The molecule has 0 saturated carbocycles. The van der Waals surface area contributed by atoms with Crippen LogP contribution in [0.4, 0.5) is 5.69 Å². The summed E-state index contributed by atoms with van der Waals surface area (Å²) in [5, 5.41) is 4.25. The summed E-state index contributed by atoms with van der Waals surface area (Å²) < 4.78 is 12.2. The van der Waals surface area contributed by atoms with Crippen LogP contribution in [0.3, 0.4) is 0 Å². The second-order valence-corrected chi connectivity index (χ2v) is 4.45. The Bertz CT molecular complexity index is 761. The van der Waals surface area contributed by atoms with Crippen LogP contribution in [0.2, 0.25) is 0 Å². The van der Waals surface area contributed by atoms with E-state index in [-0.39, 0.29) is 6.08 Å². The minimum absolute atomic E-state index is 0.195. The molecule has 0 fully saturated rings. The van der Waals surface area contributed by atoms with Crippen molar-refractivity contribution in [2.75, 3.05) is 7.11 Å². The summed E-state index contributed by atoms with van der Waals surface area (Å²) in [4.78, 5) is 4.46. The third-order valence-electron chi connectivity index (χ3n) is 2.93. The van der Waals surface area contributed by atoms with Crippen LogP contribution in [0.5, 0.6) is 6.08 Å². The van der Waals surface area contributed by atoms with E-state index in [1.165, 1.54) is 7.11 Å². The van der Waals surface area contributed by atoms with E-state index in [4.69, 9.17) is 9.15 Å². The van der Waals surface area contributed by atoms with Gasteiger partial charge in [-0.25, -0.2) is 4.68 Å². The van der Waals surface area contributed by atoms with Gasteiger partial charge in [0.2, 0.25) is 0 Å². The van der Waals surface area contributed by atoms with Crippen molar-refractivity contribution < 1.29 is 9.15 Å². The number of hydrogen-bond donors (Lipinski definition) is 0. The van der Waals surface area contributed by atoms with Crippen LogP contribution >= 0.6 is 0 Å². The number of methoxy groups -OCH3 is 1. The minimum atomic E-state index is 0.195. The van der Waals surface area contributed by atoms with Gasteiger partial charge in [0, 0.05) is 0 Å². The predicted octanol–water partition coefficient (Wildman–Crippen LogP) is 2.77. The molecule has 0 radical (unpaired) electrons. The highest BCUT2D eigenvalue weighted by Crippen LogP contribution is 2.10. The quantitative estimate of drug-likeness (QED) is 0.739. The molecule has 0 bridgehead atoms. The van der Waals surface area contributed by atoms with Crippen molar-refractivity contribution in [2.45, 2.75) is 6.54 Å². The number of ether oxygens (including phenoxy) is 1. The Labute approximate surface area is 122 Å². The summed E-state index contributed by atoms with van der Waals surface area (Å²) in [6, 6.07) is 19.6. The molecule has 21 heavy (non-hydrogen) atoms. The summed E-state index contributed by atoms with van der Waals surface area (Å²) in [6.07, 6.45) is 0.195. The van der Waals surface area contributed by atoms with E-state index < -0.39 is 0 Å². The first-order valence-electron chi connectivity index (χ1n) is 6.61. The lowest BCUT2D eigenvalue weighted by Gasteiger charge is -1.99. The Morgan fingerprint density at radius 3 is 2.38 bits per heavy atom. The van der Waals surface area contributed by atoms with Crippen molar-refractivity contribution in [3.05, 3.63) is 71.9 Å². The molecule has 5 heteroatoms. The Balaban J connectivity index is 2.00. The van der Waals surface area contributed by atoms with Crippen molar-refractivity contribution in [2.24, 2.45) is 4.99 Å². The maximum atomic E-state index is 5.50. The van der Waals surface area contributed by atoms with Gasteiger partial charge < -0.3 is 9.15 Å². The number of benzene rings is 2. The third kappa shape index (κ3) is 3.20. The van der Waals surface area contributed by atoms with Gasteiger partial charge in [-0.3, -0.25) is 0 Å². The average Bonchev–Trinajstić information content (AvgIpc) is 2.91. The van der Waals surface area contributed by atoms with E-state index in [1.807, 2.05) is 60.7 Å². The Morgan fingerprint density at radius 1 is 1.05 bits per heavy atom. The van der Waals surface area contributed by atoms with Gasteiger partial charge >= 0.3 is 11.8 Å². The largest absolute Gasteiger partial charge is 0.452 e. The van der Waals surface area contributed by atoms with Crippen molar-refractivity contribution >= 4 is 5.69 Å². The van der Waals surface area contributed by atoms with Gasteiger partial charge in [0.25, 0.3) is 0 Å². The fourth-order valence-corrected chi connectivity index (χ4v) is 1.93. The number of rotatable bonds is 4. The van der Waals surface area contributed by atoms with E-state index in [0.29, 0.717) is 12.2 Å². The van der Waals surface area contributed by atoms with Crippen LogP contribution in [-0.4, -0.2) is 16.9 Å². The monoisotopic (exact) mass is 281 g/mol. The van der Waals surface area contributed by atoms with Crippen molar-refractivity contribution in [1.82, 2.24) is 9.78 Å². The van der Waals surface area contributed by atoms with E-state index in [2.05, 4.69) is 10.1 Å². The van der Waals surface area contributed by atoms with Crippen LogP contribution < -0.4 is 10.4 Å². The lowest BCUT2D eigenvalue weighted by atomic mass is 10.2. The van der Waals surface area contributed by atoms with E-state index in [1.54, 1.807) is 4.68 Å². The molecule has 0 N–H and O–H groups in total. The summed E-state index contributed by atoms with van der Waals surface area (Å²) in [5.74, 6) is 0. The topological polar surface area (TPSA) is 52.5 Å². The molecule has 0 aliphatic rings. The molecule has 0 saturated heterocycles. The zero-order chi connectivity index (χ0) is 14.5. The third-order valence-corrected chi connectivity index (χ3v) is 2.93. The van der Waals surface area contributed by atoms with E-state index in [9.17, 15) is 0 Å². The maximum Gasteiger partial charge on any atom is 0.413 e. The highest BCUT2D eigenvalue weighted by Gasteiger charge is 2.07. The molecule has 0 aliphatic carbocycles. The molecule has 106 valence electrons. The molecular formula is C16H15N3O2. The van der Waals surface area contributed by atoms with E-state index >= 15 is 0 Å². The molecule has 3 rings (SSSR count). The van der Waals surface area contributed by atoms with Gasteiger partial charge in [0.1, 0.15) is 0 Å². The smallest absolute Gasteiger partial charge is 0.413 e. The minimum Gasteiger partial charge on any atom is -0.452 e. The van der Waals surface area contributed by atoms with Gasteiger partial charge in [0.15, 0.2) is 0 Å². The number of nitrogens with zero attached hydrogens (tertiary/aromatic N) is 3. The second kappa shape index (κ2) is 6.09. The molecule has 5 nitrogen and oxygen atoms in total. The summed E-state index contributed by atoms with van der Waals surface area (Å²) >= 11 is 0. The molecule has 1 heterocycles. The van der Waals surface area contributed by atoms with Crippen LogP contribution in [0, 0.1) is 0 Å². The van der Waals surface area contributed by atoms with Crippen molar-refractivity contribution in [1.29, 1.82) is 0 Å². The van der Waals surface area contributed by atoms with Crippen LogP contribution in [0.15, 0.2) is 70.1 Å². The number of aromatic nitrogens is 2. The first kappa shape index (κ1) is 13.2. The first-order valence-corrected chi connectivity index (χ1v) is 6.61. The molecule has 0 amide bonds. The van der Waals surface area contributed by atoms with Crippen molar-refractivity contribution in [3.63, 3.8) is 0 Å². The standard InChI is InChI=1S/C16H15N3O2/c1-20-16-18-19(12-13-8-4-2-5-9-13)15(21-16)17-14-10-6-3-7-11-14/h2-11H,12H2,1H3. The highest BCUT2D eigenvalue weighted by molar-refractivity contribution is 5.35. The number of hydrogen-bond acceptors (Lipinski definition) is 4. The van der Waals surface area contributed by atoms with Crippen LogP contribution in [0.1, 0.15) is 5.56 Å². The average molecular weight is 281 g/mol. The van der Waals surface area contributed by atoms with E-state index in [0.717, 1.165) is 11.3 Å². The fraction of sp³-hybridized carbons (Fsp3) is 0.125. The summed E-state index contributed by atoms with van der Waals surface area (Å²) in [7, 11) is 1.52. The fourth-order valence-electron chi connectivity index (χ4n) is 1.93. The molecule has 0 unspecified atom stereocenters. The van der Waals surface area contributed by atoms with Crippen LogP contribution in [0.25, 0.3) is 0 Å². The molecule has 0 spiro atoms. The highest BCUT2D eigenvalue weighted by atomic mass is 16.6. The van der Waals surface area contributed by atoms with Gasteiger partial charge in [0.05, 0.1) is 19.3 Å². The lowest BCUT2D eigenvalue weighted by Crippen LogP contribution is -2.18. The number of para-hydroxylation sites is 1. The van der Waals surface area contributed by atoms with Gasteiger partial charge in [-0.2, -0.15) is 4.99 Å². The summed E-state index contributed by atoms with van der Waals surface area (Å²) in [6.45, 7) is 0.569. The van der Waals surface area contributed by atoms with Crippen LogP contribution in [-0.2, 0) is 6.54 Å². The van der Waals surface area contributed by atoms with Gasteiger partial charge in [-0.1, -0.05) is 53.6 Å². The summed E-state index contributed by atoms with van der Waals surface area (Å²) in [5.41, 5.74) is 2.32. The molecule has 0 atom stereocenters. The zero-order valence-electron chi connectivity index (χ0n) is 11.6.